The van der Waals surface area contributed by atoms with Crippen molar-refractivity contribution in [3.63, 3.8) is 0 Å². The molecule has 2 aromatic rings. The molecule has 1 N–H and O–H groups in total. The number of aryl methyl sites for hydroxylation is 1. The molecule has 102 valence electrons. The van der Waals surface area contributed by atoms with Crippen LogP contribution in [0.1, 0.15) is 10.6 Å². The molecule has 0 radical (unpaired) electrons. The molecule has 19 heavy (non-hydrogen) atoms. The summed E-state index contributed by atoms with van der Waals surface area (Å²) in [6.07, 6.45) is 1.16. The highest BCUT2D eigenvalue weighted by Crippen LogP contribution is 2.25. The van der Waals surface area contributed by atoms with E-state index in [2.05, 4.69) is 15.5 Å². The third kappa shape index (κ3) is 3.43. The average molecular weight is 318 g/mol. The molecule has 1 aromatic heterocycles. The maximum atomic E-state index is 11.7. The van der Waals surface area contributed by atoms with Crippen LogP contribution in [0, 0.1) is 6.92 Å². The van der Waals surface area contributed by atoms with Gasteiger partial charge in [-0.15, -0.1) is 10.2 Å². The molecule has 5 nitrogen and oxygen atoms in total. The van der Waals surface area contributed by atoms with Gasteiger partial charge >= 0.3 is 0 Å². The molecule has 0 aliphatic heterocycles. The van der Waals surface area contributed by atoms with E-state index in [1.165, 1.54) is 11.3 Å². The number of anilines is 1. The highest BCUT2D eigenvalue weighted by molar-refractivity contribution is 7.90. The molecule has 1 aromatic carbocycles. The third-order valence-electron chi connectivity index (χ3n) is 2.42. The summed E-state index contributed by atoms with van der Waals surface area (Å²) in [6.45, 7) is 2.14. The number of hydrogen-bond acceptors (Lipinski definition) is 6. The van der Waals surface area contributed by atoms with E-state index in [-0.39, 0.29) is 11.4 Å². The van der Waals surface area contributed by atoms with E-state index in [4.69, 9.17) is 11.6 Å². The molecule has 0 aliphatic carbocycles. The van der Waals surface area contributed by atoms with Crippen LogP contribution in [0.5, 0.6) is 0 Å². The van der Waals surface area contributed by atoms with Crippen molar-refractivity contribution in [3.8, 4) is 0 Å². The van der Waals surface area contributed by atoms with Crippen molar-refractivity contribution in [2.24, 2.45) is 0 Å². The standard InChI is InChI=1S/C11H12ClN3O2S2/c1-7-14-15-11(18-7)13-6-8-9(12)4-3-5-10(8)19(2,16)17/h3-5H,6H2,1-2H3,(H,13,15). The van der Waals surface area contributed by atoms with E-state index in [1.807, 2.05) is 6.92 Å². The topological polar surface area (TPSA) is 72.0 Å². The van der Waals surface area contributed by atoms with Crippen molar-refractivity contribution >= 4 is 37.9 Å². The summed E-state index contributed by atoms with van der Waals surface area (Å²) in [5.74, 6) is 0. The zero-order valence-corrected chi connectivity index (χ0v) is 12.7. The molecule has 0 atom stereocenters. The highest BCUT2D eigenvalue weighted by atomic mass is 35.5. The van der Waals surface area contributed by atoms with Gasteiger partial charge in [0.25, 0.3) is 0 Å². The fraction of sp³-hybridized carbons (Fsp3) is 0.273. The summed E-state index contributed by atoms with van der Waals surface area (Å²) in [5.41, 5.74) is 0.541. The van der Waals surface area contributed by atoms with Crippen molar-refractivity contribution in [2.45, 2.75) is 18.4 Å². The van der Waals surface area contributed by atoms with Crippen LogP contribution >= 0.6 is 22.9 Å². The maximum absolute atomic E-state index is 11.7. The highest BCUT2D eigenvalue weighted by Gasteiger charge is 2.16. The minimum Gasteiger partial charge on any atom is -0.356 e. The van der Waals surface area contributed by atoms with Gasteiger partial charge in [0.2, 0.25) is 5.13 Å². The lowest BCUT2D eigenvalue weighted by molar-refractivity contribution is 0.601. The summed E-state index contributed by atoms with van der Waals surface area (Å²) in [4.78, 5) is 0.230. The first-order valence-electron chi connectivity index (χ1n) is 5.39. The van der Waals surface area contributed by atoms with E-state index >= 15 is 0 Å². The second kappa shape index (κ2) is 5.44. The van der Waals surface area contributed by atoms with Crippen LogP contribution in [0.15, 0.2) is 23.1 Å². The van der Waals surface area contributed by atoms with E-state index in [1.54, 1.807) is 18.2 Å². The second-order valence-corrected chi connectivity index (χ2v) is 7.54. The van der Waals surface area contributed by atoms with Crippen LogP contribution in [0.2, 0.25) is 5.02 Å². The van der Waals surface area contributed by atoms with E-state index < -0.39 is 9.84 Å². The molecule has 0 spiro atoms. The Morgan fingerprint density at radius 1 is 1.37 bits per heavy atom. The maximum Gasteiger partial charge on any atom is 0.205 e. The van der Waals surface area contributed by atoms with Gasteiger partial charge in [0.15, 0.2) is 9.84 Å². The average Bonchev–Trinajstić information content (AvgIpc) is 2.72. The van der Waals surface area contributed by atoms with Crippen molar-refractivity contribution < 1.29 is 8.42 Å². The molecule has 0 aliphatic rings. The van der Waals surface area contributed by atoms with Crippen molar-refractivity contribution in [1.82, 2.24) is 10.2 Å². The van der Waals surface area contributed by atoms with Gasteiger partial charge in [0, 0.05) is 23.4 Å². The van der Waals surface area contributed by atoms with Gasteiger partial charge in [-0.05, 0) is 19.1 Å². The van der Waals surface area contributed by atoms with Crippen LogP contribution in [-0.2, 0) is 16.4 Å². The van der Waals surface area contributed by atoms with Crippen LogP contribution in [0.4, 0.5) is 5.13 Å². The number of sulfone groups is 1. The molecule has 0 fully saturated rings. The minimum absolute atomic E-state index is 0.230. The van der Waals surface area contributed by atoms with Crippen LogP contribution in [0.25, 0.3) is 0 Å². The molecule has 0 unspecified atom stereocenters. The fourth-order valence-electron chi connectivity index (χ4n) is 1.59. The second-order valence-electron chi connectivity index (χ2n) is 3.97. The molecule has 1 heterocycles. The molecule has 2 rings (SSSR count). The number of rotatable bonds is 4. The van der Waals surface area contributed by atoms with Crippen molar-refractivity contribution in [1.29, 1.82) is 0 Å². The predicted molar refractivity (Wildman–Crippen MR) is 76.5 cm³/mol. The molecular weight excluding hydrogens is 306 g/mol. The quantitative estimate of drug-likeness (QED) is 0.938. The lowest BCUT2D eigenvalue weighted by Crippen LogP contribution is -2.07. The minimum atomic E-state index is -3.31. The first-order chi connectivity index (χ1) is 8.88. The number of benzene rings is 1. The first-order valence-corrected chi connectivity index (χ1v) is 8.48. The molecule has 8 heteroatoms. The molecule has 0 bridgehead atoms. The van der Waals surface area contributed by atoms with E-state index in [0.717, 1.165) is 11.3 Å². The summed E-state index contributed by atoms with van der Waals surface area (Å²) in [7, 11) is -3.31. The lowest BCUT2D eigenvalue weighted by Gasteiger charge is -2.10. The number of halogens is 1. The monoisotopic (exact) mass is 317 g/mol. The van der Waals surface area contributed by atoms with Crippen molar-refractivity contribution in [3.05, 3.63) is 33.8 Å². The van der Waals surface area contributed by atoms with Gasteiger partial charge < -0.3 is 5.32 Å². The van der Waals surface area contributed by atoms with Gasteiger partial charge in [0.1, 0.15) is 5.01 Å². The Morgan fingerprint density at radius 3 is 2.68 bits per heavy atom. The van der Waals surface area contributed by atoms with Crippen LogP contribution < -0.4 is 5.32 Å². The molecule has 0 saturated heterocycles. The summed E-state index contributed by atoms with van der Waals surface area (Å²) in [6, 6.07) is 4.83. The zero-order valence-electron chi connectivity index (χ0n) is 10.3. The Labute approximate surface area is 120 Å². The number of aromatic nitrogens is 2. The Kier molecular flexibility index (Phi) is 4.07. The summed E-state index contributed by atoms with van der Waals surface area (Å²) < 4.78 is 23.4. The van der Waals surface area contributed by atoms with Gasteiger partial charge in [-0.25, -0.2) is 8.42 Å². The Morgan fingerprint density at radius 2 is 2.11 bits per heavy atom. The third-order valence-corrected chi connectivity index (χ3v) is 4.75. The van der Waals surface area contributed by atoms with Gasteiger partial charge in [0.05, 0.1) is 4.90 Å². The number of hydrogen-bond donors (Lipinski definition) is 1. The summed E-state index contributed by atoms with van der Waals surface area (Å²) >= 11 is 7.47. The lowest BCUT2D eigenvalue weighted by atomic mass is 10.2. The smallest absolute Gasteiger partial charge is 0.205 e. The molecular formula is C11H12ClN3O2S2. The fourth-order valence-corrected chi connectivity index (χ4v) is 3.43. The van der Waals surface area contributed by atoms with Crippen LogP contribution in [0.3, 0.4) is 0 Å². The Balaban J connectivity index is 2.29. The van der Waals surface area contributed by atoms with Gasteiger partial charge in [-0.1, -0.05) is 29.0 Å². The van der Waals surface area contributed by atoms with Gasteiger partial charge in [-0.2, -0.15) is 0 Å². The Hall–Kier alpha value is -1.18. The summed E-state index contributed by atoms with van der Waals surface area (Å²) in [5, 5.41) is 12.7. The number of nitrogens with zero attached hydrogens (tertiary/aromatic N) is 2. The largest absolute Gasteiger partial charge is 0.356 e. The predicted octanol–water partition coefficient (Wildman–Crippen LogP) is 2.52. The van der Waals surface area contributed by atoms with Crippen molar-refractivity contribution in [2.75, 3.05) is 11.6 Å². The Bertz CT molecular complexity index is 698. The SMILES string of the molecule is Cc1nnc(NCc2c(Cl)cccc2S(C)(=O)=O)s1. The molecule has 0 amide bonds. The first kappa shape index (κ1) is 14.2. The van der Waals surface area contributed by atoms with Gasteiger partial charge in [-0.3, -0.25) is 0 Å². The van der Waals surface area contributed by atoms with E-state index in [9.17, 15) is 8.42 Å². The number of nitrogens with one attached hydrogen (secondary N) is 1. The zero-order chi connectivity index (χ0) is 14.0. The normalized spacial score (nSPS) is 11.5. The van der Waals surface area contributed by atoms with Crippen LogP contribution in [-0.4, -0.2) is 24.9 Å². The van der Waals surface area contributed by atoms with E-state index in [0.29, 0.717) is 15.7 Å². The molecule has 0 saturated carbocycles.